The number of anilines is 1. The zero-order valence-electron chi connectivity index (χ0n) is 13.0. The van der Waals surface area contributed by atoms with Crippen LogP contribution in [-0.4, -0.2) is 32.5 Å². The highest BCUT2D eigenvalue weighted by molar-refractivity contribution is 7.38. The highest BCUT2D eigenvalue weighted by atomic mass is 31.1. The number of rotatable bonds is 8. The van der Waals surface area contributed by atoms with E-state index in [1.165, 1.54) is 6.33 Å². The molecule has 0 aliphatic carbocycles. The lowest BCUT2D eigenvalue weighted by Crippen LogP contribution is -2.06. The molecule has 8 nitrogen and oxygen atoms in total. The van der Waals surface area contributed by atoms with E-state index in [1.807, 2.05) is 34.9 Å². The van der Waals surface area contributed by atoms with Crippen molar-refractivity contribution in [3.05, 3.63) is 48.5 Å². The molecule has 2 heterocycles. The minimum Gasteiger partial charge on any atom is -0.382 e. The summed E-state index contributed by atoms with van der Waals surface area (Å²) in [5.41, 5.74) is 7.94. The number of aromatic nitrogens is 4. The number of nitrogen functional groups attached to an aromatic ring is 1. The van der Waals surface area contributed by atoms with Crippen molar-refractivity contribution in [2.75, 3.05) is 18.7 Å². The van der Waals surface area contributed by atoms with Crippen LogP contribution < -0.4 is 5.73 Å². The minimum absolute atomic E-state index is 0.0846. The third-order valence-corrected chi connectivity index (χ3v) is 4.27. The summed E-state index contributed by atoms with van der Waals surface area (Å²) in [6, 6.07) is 9.60. The van der Waals surface area contributed by atoms with Gasteiger partial charge in [0.1, 0.15) is 18.2 Å². The van der Waals surface area contributed by atoms with Crippen molar-refractivity contribution in [2.45, 2.75) is 13.2 Å². The first-order valence-corrected chi connectivity index (χ1v) is 8.95. The lowest BCUT2D eigenvalue weighted by atomic mass is 10.2. The van der Waals surface area contributed by atoms with E-state index < -0.39 is 8.03 Å². The third-order valence-electron chi connectivity index (χ3n) is 3.37. The van der Waals surface area contributed by atoms with Gasteiger partial charge in [-0.2, -0.15) is 0 Å². The number of fused-ring (bicyclic) bond motifs is 1. The molecule has 2 N–H and O–H groups in total. The maximum Gasteiger partial charge on any atom is 0.216 e. The Bertz CT molecular complexity index is 824. The second-order valence-electron chi connectivity index (χ2n) is 5.07. The molecule has 0 saturated carbocycles. The van der Waals surface area contributed by atoms with E-state index in [1.54, 1.807) is 6.33 Å². The van der Waals surface area contributed by atoms with Gasteiger partial charge in [0.15, 0.2) is 11.5 Å². The van der Waals surface area contributed by atoms with E-state index in [0.717, 1.165) is 5.56 Å². The zero-order valence-corrected chi connectivity index (χ0v) is 14.0. The van der Waals surface area contributed by atoms with Crippen LogP contribution in [0.25, 0.3) is 11.2 Å². The van der Waals surface area contributed by atoms with Crippen molar-refractivity contribution in [1.82, 2.24) is 19.5 Å². The predicted molar refractivity (Wildman–Crippen MR) is 90.8 cm³/mol. The molecule has 1 aromatic carbocycles. The average molecular weight is 347 g/mol. The maximum atomic E-state index is 11.8. The summed E-state index contributed by atoms with van der Waals surface area (Å²) in [5.74, 6) is 0.346. The molecular formula is C15H18N5O3P. The molecule has 0 aliphatic rings. The Balaban J connectivity index is 1.41. The molecule has 3 rings (SSSR count). The van der Waals surface area contributed by atoms with E-state index in [0.29, 0.717) is 36.7 Å². The largest absolute Gasteiger partial charge is 0.382 e. The van der Waals surface area contributed by atoms with Gasteiger partial charge in [-0.25, -0.2) is 15.0 Å². The molecule has 2 aromatic heterocycles. The Morgan fingerprint density at radius 1 is 1.17 bits per heavy atom. The highest BCUT2D eigenvalue weighted by Crippen LogP contribution is 2.24. The molecule has 1 atom stereocenters. The van der Waals surface area contributed by atoms with Gasteiger partial charge in [0.2, 0.25) is 8.03 Å². The summed E-state index contributed by atoms with van der Waals surface area (Å²) < 4.78 is 24.4. The second kappa shape index (κ2) is 8.01. The number of nitrogens with two attached hydrogens (primary N) is 1. The van der Waals surface area contributed by atoms with Gasteiger partial charge in [0.25, 0.3) is 0 Å². The van der Waals surface area contributed by atoms with Crippen LogP contribution in [0.3, 0.4) is 0 Å². The molecule has 1 unspecified atom stereocenters. The van der Waals surface area contributed by atoms with Gasteiger partial charge in [-0.3, -0.25) is 4.57 Å². The molecule has 0 bridgehead atoms. The van der Waals surface area contributed by atoms with Crippen molar-refractivity contribution in [2.24, 2.45) is 0 Å². The fraction of sp³-hybridized carbons (Fsp3) is 0.267. The zero-order chi connectivity index (χ0) is 16.8. The number of benzene rings is 1. The van der Waals surface area contributed by atoms with Crippen molar-refractivity contribution >= 4 is 25.0 Å². The van der Waals surface area contributed by atoms with Crippen molar-refractivity contribution in [3.63, 3.8) is 0 Å². The minimum atomic E-state index is -2.22. The van der Waals surface area contributed by atoms with Gasteiger partial charge in [-0.15, -0.1) is 0 Å². The van der Waals surface area contributed by atoms with Crippen LogP contribution in [-0.2, 0) is 27.0 Å². The molecule has 0 aliphatic heterocycles. The normalized spacial score (nSPS) is 12.5. The van der Waals surface area contributed by atoms with Crippen LogP contribution in [0, 0.1) is 0 Å². The van der Waals surface area contributed by atoms with Crippen LogP contribution in [0.5, 0.6) is 0 Å². The SMILES string of the molecule is Nc1ncnc2c1ncn2CCOC[PH](=O)OCc1ccccc1. The van der Waals surface area contributed by atoms with Crippen molar-refractivity contribution in [1.29, 1.82) is 0 Å². The lowest BCUT2D eigenvalue weighted by molar-refractivity contribution is 0.156. The molecule has 0 saturated heterocycles. The van der Waals surface area contributed by atoms with E-state index in [2.05, 4.69) is 15.0 Å². The Morgan fingerprint density at radius 3 is 2.83 bits per heavy atom. The Kier molecular flexibility index (Phi) is 5.53. The highest BCUT2D eigenvalue weighted by Gasteiger charge is 2.07. The summed E-state index contributed by atoms with van der Waals surface area (Å²) in [6.45, 7) is 1.23. The van der Waals surface area contributed by atoms with E-state index in [4.69, 9.17) is 15.0 Å². The standard InChI is InChI=1S/C15H18N5O3P/c16-14-13-15(18-9-17-14)20(10-19-13)6-7-22-11-24(21)23-8-12-4-2-1-3-5-12/h1-5,9-10,24H,6-8,11H2,(H2,16,17,18). The maximum absolute atomic E-state index is 11.8. The summed E-state index contributed by atoms with van der Waals surface area (Å²) in [5, 5.41) is 0. The Hall–Kier alpha value is -2.28. The van der Waals surface area contributed by atoms with Gasteiger partial charge < -0.3 is 19.6 Å². The first-order valence-electron chi connectivity index (χ1n) is 7.42. The molecular weight excluding hydrogens is 329 g/mol. The summed E-state index contributed by atoms with van der Waals surface area (Å²) in [6.07, 6.45) is 3.11. The van der Waals surface area contributed by atoms with E-state index in [-0.39, 0.29) is 6.35 Å². The van der Waals surface area contributed by atoms with Gasteiger partial charge in [0.05, 0.1) is 19.5 Å². The van der Waals surface area contributed by atoms with E-state index >= 15 is 0 Å². The topological polar surface area (TPSA) is 105 Å². The quantitative estimate of drug-likeness (QED) is 0.491. The molecule has 0 spiro atoms. The number of imidazole rings is 1. The fourth-order valence-electron chi connectivity index (χ4n) is 2.16. The summed E-state index contributed by atoms with van der Waals surface area (Å²) in [4.78, 5) is 12.2. The number of nitrogens with zero attached hydrogens (tertiary/aromatic N) is 4. The number of hydrogen-bond donors (Lipinski definition) is 1. The van der Waals surface area contributed by atoms with E-state index in [9.17, 15) is 4.57 Å². The van der Waals surface area contributed by atoms with Crippen LogP contribution in [0.2, 0.25) is 0 Å². The third kappa shape index (κ3) is 4.17. The van der Waals surface area contributed by atoms with Crippen molar-refractivity contribution in [3.8, 4) is 0 Å². The first-order chi connectivity index (χ1) is 11.7. The molecule has 24 heavy (non-hydrogen) atoms. The first kappa shape index (κ1) is 16.6. The smallest absolute Gasteiger partial charge is 0.216 e. The number of hydrogen-bond acceptors (Lipinski definition) is 7. The van der Waals surface area contributed by atoms with Gasteiger partial charge in [-0.1, -0.05) is 30.3 Å². The Labute approximate surface area is 139 Å². The molecule has 0 radical (unpaired) electrons. The van der Waals surface area contributed by atoms with Crippen LogP contribution >= 0.6 is 8.03 Å². The average Bonchev–Trinajstić information content (AvgIpc) is 3.02. The van der Waals surface area contributed by atoms with Gasteiger partial charge in [0, 0.05) is 6.54 Å². The van der Waals surface area contributed by atoms with Crippen LogP contribution in [0.1, 0.15) is 5.56 Å². The molecule has 9 heteroatoms. The molecule has 3 aromatic rings. The predicted octanol–water partition coefficient (Wildman–Crippen LogP) is 2.07. The second-order valence-corrected chi connectivity index (χ2v) is 6.39. The van der Waals surface area contributed by atoms with Gasteiger partial charge >= 0.3 is 0 Å². The Morgan fingerprint density at radius 2 is 2.00 bits per heavy atom. The summed E-state index contributed by atoms with van der Waals surface area (Å²) in [7, 11) is -2.22. The summed E-state index contributed by atoms with van der Waals surface area (Å²) >= 11 is 0. The van der Waals surface area contributed by atoms with Gasteiger partial charge in [-0.05, 0) is 5.56 Å². The molecule has 126 valence electrons. The van der Waals surface area contributed by atoms with Crippen LogP contribution in [0.4, 0.5) is 5.82 Å². The fourth-order valence-corrected chi connectivity index (χ4v) is 2.88. The van der Waals surface area contributed by atoms with Crippen LogP contribution in [0.15, 0.2) is 43.0 Å². The monoisotopic (exact) mass is 347 g/mol. The van der Waals surface area contributed by atoms with Crippen molar-refractivity contribution < 1.29 is 13.8 Å². The lowest BCUT2D eigenvalue weighted by Gasteiger charge is -2.07. The molecule has 0 amide bonds. The number of ether oxygens (including phenoxy) is 1. The molecule has 0 fully saturated rings.